The van der Waals surface area contributed by atoms with Gasteiger partial charge in [-0.2, -0.15) is 5.10 Å². The van der Waals surface area contributed by atoms with E-state index in [9.17, 15) is 13.6 Å². The summed E-state index contributed by atoms with van der Waals surface area (Å²) in [5, 5.41) is 12.1. The highest BCUT2D eigenvalue weighted by Crippen LogP contribution is 2.26. The third kappa shape index (κ3) is 4.23. The summed E-state index contributed by atoms with van der Waals surface area (Å²) in [4.78, 5) is 13.1. The second kappa shape index (κ2) is 8.46. The zero-order chi connectivity index (χ0) is 21.1. The molecule has 0 aliphatic heterocycles. The Hall–Kier alpha value is -3.52. The number of ether oxygens (including phenoxy) is 1. The first-order valence-corrected chi connectivity index (χ1v) is 9.93. The molecule has 0 aliphatic carbocycles. The molecule has 4 rings (SSSR count). The van der Waals surface area contributed by atoms with Crippen LogP contribution < -0.4 is 10.1 Å². The smallest absolute Gasteiger partial charge is 0.229 e. The van der Waals surface area contributed by atoms with E-state index in [1.165, 1.54) is 30.6 Å². The number of benzene rings is 2. The van der Waals surface area contributed by atoms with Crippen molar-refractivity contribution in [2.45, 2.75) is 6.42 Å². The van der Waals surface area contributed by atoms with E-state index in [0.717, 1.165) is 10.4 Å². The van der Waals surface area contributed by atoms with Gasteiger partial charge in [-0.1, -0.05) is 18.2 Å². The lowest BCUT2D eigenvalue weighted by atomic mass is 10.1. The van der Waals surface area contributed by atoms with E-state index in [2.05, 4.69) is 15.5 Å². The molecule has 152 valence electrons. The van der Waals surface area contributed by atoms with Gasteiger partial charge in [-0.3, -0.25) is 9.89 Å². The van der Waals surface area contributed by atoms with Crippen LogP contribution in [-0.4, -0.2) is 23.2 Å². The van der Waals surface area contributed by atoms with Crippen molar-refractivity contribution in [1.82, 2.24) is 10.2 Å². The summed E-state index contributed by atoms with van der Waals surface area (Å²) < 4.78 is 33.0. The van der Waals surface area contributed by atoms with Crippen LogP contribution in [0.25, 0.3) is 23.1 Å². The van der Waals surface area contributed by atoms with Gasteiger partial charge < -0.3 is 10.1 Å². The number of halogens is 2. The van der Waals surface area contributed by atoms with Crippen molar-refractivity contribution in [1.29, 1.82) is 0 Å². The number of rotatable bonds is 6. The highest BCUT2D eigenvalue weighted by atomic mass is 32.1. The molecular formula is C22H17F2N3O2S. The minimum absolute atomic E-state index is 0.0866. The van der Waals surface area contributed by atoms with Crippen LogP contribution in [0.4, 0.5) is 14.5 Å². The molecule has 0 spiro atoms. The lowest BCUT2D eigenvalue weighted by Gasteiger charge is -2.06. The molecule has 0 saturated heterocycles. The molecular weight excluding hydrogens is 408 g/mol. The number of methoxy groups -OCH3 is 1. The molecule has 0 unspecified atom stereocenters. The van der Waals surface area contributed by atoms with Crippen LogP contribution in [0.2, 0.25) is 0 Å². The number of H-pyrrole nitrogens is 1. The van der Waals surface area contributed by atoms with E-state index in [-0.39, 0.29) is 23.8 Å². The molecule has 4 aromatic rings. The molecule has 2 aromatic heterocycles. The maximum absolute atomic E-state index is 14.4. The summed E-state index contributed by atoms with van der Waals surface area (Å²) in [6.45, 7) is 0. The number of hydrogen-bond acceptors (Lipinski definition) is 4. The largest absolute Gasteiger partial charge is 0.494 e. The SMILES string of the molecule is COc1cc(C=Cc2n[nH]c3cc(F)c(NC(=O)Cc4cccs4)cc23)ccc1F. The number of aromatic amines is 1. The standard InChI is InChI=1S/C22H17F2N3O2S/c1-29-21-9-13(4-6-16(21)23)5-7-18-15-11-20(17(24)12-19(15)27-26-18)25-22(28)10-14-3-2-8-30-14/h2-9,11-12H,10H2,1H3,(H,25,28)(H,26,27). The number of nitrogens with one attached hydrogen (secondary N) is 2. The predicted molar refractivity (Wildman–Crippen MR) is 115 cm³/mol. The number of thiophene rings is 1. The zero-order valence-electron chi connectivity index (χ0n) is 15.9. The number of amides is 1. The highest BCUT2D eigenvalue weighted by Gasteiger charge is 2.13. The molecule has 0 radical (unpaired) electrons. The number of fused-ring (bicyclic) bond motifs is 1. The number of nitrogens with zero attached hydrogens (tertiary/aromatic N) is 1. The molecule has 0 aliphatic rings. The lowest BCUT2D eigenvalue weighted by Crippen LogP contribution is -2.14. The first kappa shape index (κ1) is 19.8. The Kier molecular flexibility index (Phi) is 5.58. The maximum Gasteiger partial charge on any atom is 0.229 e. The number of carbonyl (C=O) groups is 1. The van der Waals surface area contributed by atoms with Gasteiger partial charge in [0, 0.05) is 16.3 Å². The summed E-state index contributed by atoms with van der Waals surface area (Å²) in [5.41, 5.74) is 1.86. The molecule has 1 amide bonds. The minimum Gasteiger partial charge on any atom is -0.494 e. The van der Waals surface area contributed by atoms with E-state index in [1.54, 1.807) is 30.4 Å². The third-order valence-corrected chi connectivity index (χ3v) is 5.35. The number of hydrogen-bond donors (Lipinski definition) is 2. The van der Waals surface area contributed by atoms with E-state index in [4.69, 9.17) is 4.74 Å². The predicted octanol–water partition coefficient (Wildman–Crippen LogP) is 5.26. The number of anilines is 1. The van der Waals surface area contributed by atoms with Crippen molar-refractivity contribution in [2.24, 2.45) is 0 Å². The van der Waals surface area contributed by atoms with E-state index in [1.807, 2.05) is 17.5 Å². The lowest BCUT2D eigenvalue weighted by molar-refractivity contribution is -0.115. The van der Waals surface area contributed by atoms with Gasteiger partial charge in [0.2, 0.25) is 5.91 Å². The second-order valence-corrected chi connectivity index (χ2v) is 7.55. The van der Waals surface area contributed by atoms with Gasteiger partial charge >= 0.3 is 0 Å². The Balaban J connectivity index is 1.59. The minimum atomic E-state index is -0.551. The molecule has 8 heteroatoms. The fraction of sp³-hybridized carbons (Fsp3) is 0.0909. The van der Waals surface area contributed by atoms with Crippen LogP contribution in [0.1, 0.15) is 16.1 Å². The summed E-state index contributed by atoms with van der Waals surface area (Å²) in [6.07, 6.45) is 3.65. The van der Waals surface area contributed by atoms with Gasteiger partial charge in [-0.05, 0) is 41.3 Å². The summed E-state index contributed by atoms with van der Waals surface area (Å²) in [7, 11) is 1.40. The Morgan fingerprint density at radius 2 is 2.07 bits per heavy atom. The first-order valence-electron chi connectivity index (χ1n) is 9.05. The van der Waals surface area contributed by atoms with Crippen molar-refractivity contribution in [3.63, 3.8) is 0 Å². The quantitative estimate of drug-likeness (QED) is 0.443. The highest BCUT2D eigenvalue weighted by molar-refractivity contribution is 7.10. The third-order valence-electron chi connectivity index (χ3n) is 4.48. The van der Waals surface area contributed by atoms with Gasteiger partial charge in [0.15, 0.2) is 11.6 Å². The zero-order valence-corrected chi connectivity index (χ0v) is 16.7. The van der Waals surface area contributed by atoms with E-state index < -0.39 is 11.6 Å². The van der Waals surface area contributed by atoms with Crippen LogP contribution in [0, 0.1) is 11.6 Å². The maximum atomic E-state index is 14.4. The van der Waals surface area contributed by atoms with Gasteiger partial charge in [-0.25, -0.2) is 8.78 Å². The summed E-state index contributed by atoms with van der Waals surface area (Å²) >= 11 is 1.47. The van der Waals surface area contributed by atoms with Gasteiger partial charge in [0.25, 0.3) is 0 Å². The number of carbonyl (C=O) groups excluding carboxylic acids is 1. The van der Waals surface area contributed by atoms with Crippen LogP contribution in [0.3, 0.4) is 0 Å². The Morgan fingerprint density at radius 1 is 1.20 bits per heavy atom. The van der Waals surface area contributed by atoms with Crippen molar-refractivity contribution in [2.75, 3.05) is 12.4 Å². The fourth-order valence-electron chi connectivity index (χ4n) is 3.00. The topological polar surface area (TPSA) is 67.0 Å². The molecule has 2 N–H and O–H groups in total. The number of aromatic nitrogens is 2. The Morgan fingerprint density at radius 3 is 2.83 bits per heavy atom. The molecule has 2 heterocycles. The normalized spacial score (nSPS) is 11.3. The van der Waals surface area contributed by atoms with Gasteiger partial charge in [0.05, 0.1) is 30.4 Å². The van der Waals surface area contributed by atoms with Crippen molar-refractivity contribution < 1.29 is 18.3 Å². The fourth-order valence-corrected chi connectivity index (χ4v) is 3.71. The average molecular weight is 425 g/mol. The molecule has 0 atom stereocenters. The van der Waals surface area contributed by atoms with Crippen molar-refractivity contribution in [3.05, 3.63) is 75.6 Å². The van der Waals surface area contributed by atoms with Crippen LogP contribution in [-0.2, 0) is 11.2 Å². The Bertz CT molecular complexity index is 1230. The molecule has 0 saturated carbocycles. The first-order chi connectivity index (χ1) is 14.5. The average Bonchev–Trinajstić information content (AvgIpc) is 3.37. The molecule has 0 fully saturated rings. The van der Waals surface area contributed by atoms with Crippen LogP contribution >= 0.6 is 11.3 Å². The molecule has 5 nitrogen and oxygen atoms in total. The second-order valence-electron chi connectivity index (χ2n) is 6.52. The monoisotopic (exact) mass is 425 g/mol. The summed E-state index contributed by atoms with van der Waals surface area (Å²) in [5.74, 6) is -1.15. The van der Waals surface area contributed by atoms with E-state index >= 15 is 0 Å². The molecule has 30 heavy (non-hydrogen) atoms. The van der Waals surface area contributed by atoms with Crippen LogP contribution in [0.5, 0.6) is 5.75 Å². The van der Waals surface area contributed by atoms with Crippen molar-refractivity contribution in [3.8, 4) is 5.75 Å². The Labute approximate surface area is 175 Å². The molecule has 2 aromatic carbocycles. The van der Waals surface area contributed by atoms with Crippen molar-refractivity contribution >= 4 is 46.0 Å². The van der Waals surface area contributed by atoms with Gasteiger partial charge in [-0.15, -0.1) is 11.3 Å². The van der Waals surface area contributed by atoms with E-state index in [0.29, 0.717) is 16.6 Å². The van der Waals surface area contributed by atoms with Crippen LogP contribution in [0.15, 0.2) is 47.8 Å². The summed E-state index contributed by atoms with van der Waals surface area (Å²) in [6, 6.07) is 11.0. The van der Waals surface area contributed by atoms with Gasteiger partial charge in [0.1, 0.15) is 5.82 Å². The molecule has 0 bridgehead atoms.